The summed E-state index contributed by atoms with van der Waals surface area (Å²) in [6, 6.07) is 17.6. The molecule has 2 aromatic carbocycles. The van der Waals surface area contributed by atoms with Gasteiger partial charge in [-0.15, -0.1) is 0 Å². The van der Waals surface area contributed by atoms with Crippen LogP contribution in [-0.2, 0) is 16.8 Å². The quantitative estimate of drug-likeness (QED) is 0.708. The Morgan fingerprint density at radius 3 is 2.12 bits per heavy atom. The van der Waals surface area contributed by atoms with Crippen molar-refractivity contribution in [2.24, 2.45) is 0 Å². The second kappa shape index (κ2) is 10.8. The summed E-state index contributed by atoms with van der Waals surface area (Å²) in [5.41, 5.74) is 3.11. The number of nitrogens with zero attached hydrogens (tertiary/aromatic N) is 2. The summed E-state index contributed by atoms with van der Waals surface area (Å²) in [5.74, 6) is -0.147. The predicted molar refractivity (Wildman–Crippen MR) is 130 cm³/mol. The SMILES string of the molecule is CCCC(NC(=O)c1ccc(C(C)(C)C)cc1)C(=O)N1CCN(Cc2ccccc2)CC1. The fourth-order valence-electron chi connectivity index (χ4n) is 4.10. The molecule has 0 spiro atoms. The number of nitrogens with one attached hydrogen (secondary N) is 1. The highest BCUT2D eigenvalue weighted by Crippen LogP contribution is 2.22. The van der Waals surface area contributed by atoms with Crippen molar-refractivity contribution in [3.05, 3.63) is 71.3 Å². The van der Waals surface area contributed by atoms with Crippen molar-refractivity contribution in [1.29, 1.82) is 0 Å². The Morgan fingerprint density at radius 1 is 0.938 bits per heavy atom. The van der Waals surface area contributed by atoms with Gasteiger partial charge in [0.2, 0.25) is 5.91 Å². The van der Waals surface area contributed by atoms with Crippen LogP contribution in [-0.4, -0.2) is 53.8 Å². The largest absolute Gasteiger partial charge is 0.340 e. The van der Waals surface area contributed by atoms with Crippen LogP contribution >= 0.6 is 0 Å². The number of hydrogen-bond donors (Lipinski definition) is 1. The van der Waals surface area contributed by atoms with E-state index in [1.165, 1.54) is 11.1 Å². The van der Waals surface area contributed by atoms with Crippen LogP contribution in [0.25, 0.3) is 0 Å². The Bertz CT molecular complexity index is 879. The molecule has 0 radical (unpaired) electrons. The number of piperazine rings is 1. The zero-order valence-electron chi connectivity index (χ0n) is 19.9. The van der Waals surface area contributed by atoms with Crippen molar-refractivity contribution in [3.8, 4) is 0 Å². The van der Waals surface area contributed by atoms with Crippen LogP contribution in [0, 0.1) is 0 Å². The zero-order valence-corrected chi connectivity index (χ0v) is 19.9. The lowest BCUT2D eigenvalue weighted by Gasteiger charge is -2.36. The number of benzene rings is 2. The molecule has 1 atom stereocenters. The molecule has 2 amide bonds. The number of carbonyl (C=O) groups excluding carboxylic acids is 2. The highest BCUT2D eigenvalue weighted by atomic mass is 16.2. The smallest absolute Gasteiger partial charge is 0.251 e. The molecule has 0 aliphatic carbocycles. The second-order valence-electron chi connectivity index (χ2n) is 9.73. The van der Waals surface area contributed by atoms with E-state index in [2.05, 4.69) is 55.3 Å². The van der Waals surface area contributed by atoms with Crippen LogP contribution in [0.5, 0.6) is 0 Å². The predicted octanol–water partition coefficient (Wildman–Crippen LogP) is 4.23. The lowest BCUT2D eigenvalue weighted by Crippen LogP contribution is -2.54. The topological polar surface area (TPSA) is 52.7 Å². The van der Waals surface area contributed by atoms with Gasteiger partial charge in [0.25, 0.3) is 5.91 Å². The first-order valence-corrected chi connectivity index (χ1v) is 11.7. The summed E-state index contributed by atoms with van der Waals surface area (Å²) in [5, 5.41) is 3.00. The maximum absolute atomic E-state index is 13.2. The number of amides is 2. The van der Waals surface area contributed by atoms with Crippen LogP contribution < -0.4 is 5.32 Å². The standard InChI is InChI=1S/C27H37N3O2/c1-5-9-24(28-25(31)22-12-14-23(15-13-22)27(2,3)4)26(32)30-18-16-29(17-19-30)20-21-10-7-6-8-11-21/h6-8,10-15,24H,5,9,16-20H2,1-4H3,(H,28,31). The van der Waals surface area contributed by atoms with E-state index in [0.717, 1.165) is 26.1 Å². The number of hydrogen-bond acceptors (Lipinski definition) is 3. The minimum atomic E-state index is -0.476. The van der Waals surface area contributed by atoms with Crippen molar-refractivity contribution in [2.75, 3.05) is 26.2 Å². The summed E-state index contributed by atoms with van der Waals surface area (Å²) in [4.78, 5) is 30.3. The van der Waals surface area contributed by atoms with Gasteiger partial charge < -0.3 is 10.2 Å². The van der Waals surface area contributed by atoms with Gasteiger partial charge in [0.1, 0.15) is 6.04 Å². The van der Waals surface area contributed by atoms with Crippen LogP contribution in [0.15, 0.2) is 54.6 Å². The van der Waals surface area contributed by atoms with E-state index in [1.54, 1.807) is 0 Å². The molecule has 1 aliphatic heterocycles. The van der Waals surface area contributed by atoms with Gasteiger partial charge in [0.15, 0.2) is 0 Å². The number of rotatable bonds is 7. The van der Waals surface area contributed by atoms with Crippen molar-refractivity contribution < 1.29 is 9.59 Å². The molecule has 5 nitrogen and oxygen atoms in total. The van der Waals surface area contributed by atoms with E-state index in [4.69, 9.17) is 0 Å². The maximum Gasteiger partial charge on any atom is 0.251 e. The van der Waals surface area contributed by atoms with Gasteiger partial charge in [0.05, 0.1) is 0 Å². The van der Waals surface area contributed by atoms with E-state index >= 15 is 0 Å². The fourth-order valence-corrected chi connectivity index (χ4v) is 4.10. The summed E-state index contributed by atoms with van der Waals surface area (Å²) in [6.07, 6.45) is 1.49. The lowest BCUT2D eigenvalue weighted by atomic mass is 9.86. The van der Waals surface area contributed by atoms with E-state index in [9.17, 15) is 9.59 Å². The van der Waals surface area contributed by atoms with Gasteiger partial charge in [-0.1, -0.05) is 76.6 Å². The van der Waals surface area contributed by atoms with Gasteiger partial charge in [-0.2, -0.15) is 0 Å². The molecule has 5 heteroatoms. The molecular formula is C27H37N3O2. The van der Waals surface area contributed by atoms with Crippen molar-refractivity contribution in [3.63, 3.8) is 0 Å². The first kappa shape index (κ1) is 24.0. The summed E-state index contributed by atoms with van der Waals surface area (Å²) >= 11 is 0. The lowest BCUT2D eigenvalue weighted by molar-refractivity contribution is -0.135. The molecule has 1 heterocycles. The summed E-state index contributed by atoms with van der Waals surface area (Å²) in [6.45, 7) is 12.5. The van der Waals surface area contributed by atoms with Gasteiger partial charge in [-0.3, -0.25) is 14.5 Å². The zero-order chi connectivity index (χ0) is 23.1. The van der Waals surface area contributed by atoms with Crippen LogP contribution in [0.4, 0.5) is 0 Å². The van der Waals surface area contributed by atoms with E-state index in [1.807, 2.05) is 42.2 Å². The molecule has 2 aromatic rings. The van der Waals surface area contributed by atoms with Crippen molar-refractivity contribution >= 4 is 11.8 Å². The molecular weight excluding hydrogens is 398 g/mol. The van der Waals surface area contributed by atoms with Gasteiger partial charge >= 0.3 is 0 Å². The Morgan fingerprint density at radius 2 is 1.56 bits per heavy atom. The third-order valence-corrected chi connectivity index (χ3v) is 6.13. The fraction of sp³-hybridized carbons (Fsp3) is 0.481. The molecule has 1 fully saturated rings. The first-order chi connectivity index (χ1) is 15.3. The van der Waals surface area contributed by atoms with Gasteiger partial charge in [-0.25, -0.2) is 0 Å². The van der Waals surface area contributed by atoms with Crippen molar-refractivity contribution in [2.45, 2.75) is 58.5 Å². The molecule has 1 N–H and O–H groups in total. The Hall–Kier alpha value is -2.66. The molecule has 0 aromatic heterocycles. The molecule has 3 rings (SSSR count). The first-order valence-electron chi connectivity index (χ1n) is 11.7. The normalized spacial score (nSPS) is 15.9. The van der Waals surface area contributed by atoms with Crippen LogP contribution in [0.2, 0.25) is 0 Å². The molecule has 1 saturated heterocycles. The average molecular weight is 436 g/mol. The minimum Gasteiger partial charge on any atom is -0.340 e. The van der Waals surface area contributed by atoms with E-state index < -0.39 is 6.04 Å². The van der Waals surface area contributed by atoms with Gasteiger partial charge in [-0.05, 0) is 35.1 Å². The monoisotopic (exact) mass is 435 g/mol. The number of carbonyl (C=O) groups is 2. The Labute approximate surface area is 192 Å². The molecule has 0 bridgehead atoms. The van der Waals surface area contributed by atoms with Crippen LogP contribution in [0.1, 0.15) is 62.0 Å². The molecule has 1 unspecified atom stereocenters. The molecule has 1 aliphatic rings. The molecule has 0 saturated carbocycles. The summed E-state index contributed by atoms with van der Waals surface area (Å²) < 4.78 is 0. The summed E-state index contributed by atoms with van der Waals surface area (Å²) in [7, 11) is 0. The molecule has 172 valence electrons. The molecule has 32 heavy (non-hydrogen) atoms. The Balaban J connectivity index is 1.56. The maximum atomic E-state index is 13.2. The highest BCUT2D eigenvalue weighted by molar-refractivity contribution is 5.97. The van der Waals surface area contributed by atoms with E-state index in [-0.39, 0.29) is 17.2 Å². The van der Waals surface area contributed by atoms with Gasteiger partial charge in [0, 0.05) is 38.3 Å². The highest BCUT2D eigenvalue weighted by Gasteiger charge is 2.28. The third kappa shape index (κ3) is 6.42. The Kier molecular flexibility index (Phi) is 8.08. The van der Waals surface area contributed by atoms with E-state index in [0.29, 0.717) is 25.1 Å². The third-order valence-electron chi connectivity index (χ3n) is 6.13. The minimum absolute atomic E-state index is 0.0332. The second-order valence-corrected chi connectivity index (χ2v) is 9.73. The van der Waals surface area contributed by atoms with Crippen LogP contribution in [0.3, 0.4) is 0 Å². The average Bonchev–Trinajstić information content (AvgIpc) is 2.79. The van der Waals surface area contributed by atoms with Crippen molar-refractivity contribution in [1.82, 2.24) is 15.1 Å².